The van der Waals surface area contributed by atoms with E-state index in [1.165, 1.54) is 6.33 Å². The van der Waals surface area contributed by atoms with Crippen LogP contribution in [0.1, 0.15) is 17.2 Å². The minimum absolute atomic E-state index is 0.123. The summed E-state index contributed by atoms with van der Waals surface area (Å²) in [5, 5.41) is 7.56. The van der Waals surface area contributed by atoms with E-state index in [1.54, 1.807) is 18.2 Å². The van der Waals surface area contributed by atoms with Gasteiger partial charge in [0.25, 0.3) is 0 Å². The second-order valence-electron chi connectivity index (χ2n) is 6.64. The summed E-state index contributed by atoms with van der Waals surface area (Å²) in [6, 6.07) is 25.4. The van der Waals surface area contributed by atoms with E-state index in [2.05, 4.69) is 44.9 Å². The summed E-state index contributed by atoms with van der Waals surface area (Å²) in [5.74, 6) is 1.01. The van der Waals surface area contributed by atoms with Gasteiger partial charge in [-0.1, -0.05) is 83.9 Å². The lowest BCUT2D eigenvalue weighted by atomic mass is 9.99. The van der Waals surface area contributed by atoms with Gasteiger partial charge in [-0.2, -0.15) is 0 Å². The van der Waals surface area contributed by atoms with Gasteiger partial charge in [-0.05, 0) is 29.3 Å². The molecule has 0 spiro atoms. The van der Waals surface area contributed by atoms with Crippen molar-refractivity contribution in [3.63, 3.8) is 0 Å². The molecule has 0 aliphatic carbocycles. The normalized spacial score (nSPS) is 10.8. The molecule has 4 rings (SSSR count). The maximum Gasteiger partial charge on any atom is 0.159 e. The largest absolute Gasteiger partial charge is 0.393 e. The molecule has 0 unspecified atom stereocenters. The lowest BCUT2D eigenvalue weighted by Gasteiger charge is -2.22. The maximum atomic E-state index is 6.39. The molecule has 0 fully saturated rings. The van der Waals surface area contributed by atoms with Crippen LogP contribution in [0, 0.1) is 0 Å². The number of hydrogen-bond acceptors (Lipinski definition) is 5. The lowest BCUT2D eigenvalue weighted by molar-refractivity contribution is 0.924. The molecule has 1 aromatic heterocycles. The molecule has 1 heterocycles. The van der Waals surface area contributed by atoms with E-state index in [9.17, 15) is 0 Å². The Hall–Kier alpha value is -3.28. The van der Waals surface area contributed by atoms with Crippen molar-refractivity contribution in [3.8, 4) is 0 Å². The third-order valence-corrected chi connectivity index (χ3v) is 5.35. The summed E-state index contributed by atoms with van der Waals surface area (Å²) in [7, 11) is 0. The van der Waals surface area contributed by atoms with Crippen LogP contribution in [0.25, 0.3) is 0 Å². The molecule has 150 valence electrons. The van der Waals surface area contributed by atoms with Gasteiger partial charge < -0.3 is 16.4 Å². The fourth-order valence-electron chi connectivity index (χ4n) is 3.11. The number of nitrogens with two attached hydrogens (primary N) is 1. The first-order valence-corrected chi connectivity index (χ1v) is 10.1. The van der Waals surface area contributed by atoms with Crippen molar-refractivity contribution in [3.05, 3.63) is 106 Å². The lowest BCUT2D eigenvalue weighted by Crippen LogP contribution is -2.15. The van der Waals surface area contributed by atoms with Gasteiger partial charge in [0, 0.05) is 5.69 Å². The second-order valence-corrected chi connectivity index (χ2v) is 7.45. The second kappa shape index (κ2) is 9.03. The Morgan fingerprint density at radius 2 is 1.33 bits per heavy atom. The van der Waals surface area contributed by atoms with Crippen LogP contribution in [0.3, 0.4) is 0 Å². The SMILES string of the molecule is Nc1c(Nc2ccc(Cl)c(Cl)c2)ncnc1NC(c1ccccc1)c1ccccc1. The van der Waals surface area contributed by atoms with E-state index in [-0.39, 0.29) is 6.04 Å². The Kier molecular flexibility index (Phi) is 6.02. The molecule has 4 aromatic rings. The summed E-state index contributed by atoms with van der Waals surface area (Å²) >= 11 is 12.1. The van der Waals surface area contributed by atoms with Crippen LogP contribution in [0.4, 0.5) is 23.0 Å². The van der Waals surface area contributed by atoms with Gasteiger partial charge >= 0.3 is 0 Å². The number of anilines is 4. The number of aromatic nitrogens is 2. The van der Waals surface area contributed by atoms with E-state index in [0.29, 0.717) is 27.4 Å². The molecule has 3 aromatic carbocycles. The molecule has 0 radical (unpaired) electrons. The Labute approximate surface area is 184 Å². The van der Waals surface area contributed by atoms with E-state index in [1.807, 2.05) is 36.4 Å². The smallest absolute Gasteiger partial charge is 0.159 e. The van der Waals surface area contributed by atoms with Crippen molar-refractivity contribution in [2.24, 2.45) is 0 Å². The van der Waals surface area contributed by atoms with Gasteiger partial charge in [-0.3, -0.25) is 0 Å². The molecule has 0 atom stereocenters. The third kappa shape index (κ3) is 4.48. The minimum Gasteiger partial charge on any atom is -0.393 e. The zero-order valence-electron chi connectivity index (χ0n) is 15.9. The Balaban J connectivity index is 1.66. The number of halogens is 2. The molecule has 0 amide bonds. The van der Waals surface area contributed by atoms with E-state index in [0.717, 1.165) is 16.8 Å². The van der Waals surface area contributed by atoms with Crippen molar-refractivity contribution in [2.75, 3.05) is 16.4 Å². The summed E-state index contributed by atoms with van der Waals surface area (Å²) < 4.78 is 0. The van der Waals surface area contributed by atoms with E-state index in [4.69, 9.17) is 28.9 Å². The van der Waals surface area contributed by atoms with Gasteiger partial charge in [0.05, 0.1) is 16.1 Å². The number of hydrogen-bond donors (Lipinski definition) is 3. The Bertz CT molecular complexity index is 1100. The van der Waals surface area contributed by atoms with Gasteiger partial charge in [0.1, 0.15) is 12.0 Å². The standard InChI is InChI=1S/C23H19Cl2N5/c24-18-12-11-17(13-19(18)25)29-22-20(26)23(28-14-27-22)30-21(15-7-3-1-4-8-15)16-9-5-2-6-10-16/h1-14,21H,26H2,(H2,27,28,29,30). The molecular formula is C23H19Cl2N5. The monoisotopic (exact) mass is 435 g/mol. The summed E-state index contributed by atoms with van der Waals surface area (Å²) in [6.45, 7) is 0. The van der Waals surface area contributed by atoms with Crippen LogP contribution in [0.15, 0.2) is 85.2 Å². The number of nitrogens with one attached hydrogen (secondary N) is 2. The number of benzene rings is 3. The molecule has 0 aliphatic rings. The van der Waals surface area contributed by atoms with Crippen molar-refractivity contribution in [1.82, 2.24) is 9.97 Å². The first kappa shape index (κ1) is 20.0. The molecular weight excluding hydrogens is 417 g/mol. The molecule has 0 saturated carbocycles. The van der Waals surface area contributed by atoms with Crippen LogP contribution in [-0.4, -0.2) is 9.97 Å². The molecule has 5 nitrogen and oxygen atoms in total. The Morgan fingerprint density at radius 3 is 1.93 bits per heavy atom. The average molecular weight is 436 g/mol. The molecule has 4 N–H and O–H groups in total. The van der Waals surface area contributed by atoms with E-state index >= 15 is 0 Å². The number of nitrogens with zero attached hydrogens (tertiary/aromatic N) is 2. The van der Waals surface area contributed by atoms with Crippen molar-refractivity contribution in [2.45, 2.75) is 6.04 Å². The molecule has 0 bridgehead atoms. The molecule has 30 heavy (non-hydrogen) atoms. The number of rotatable bonds is 6. The third-order valence-electron chi connectivity index (χ3n) is 4.61. The molecule has 0 saturated heterocycles. The van der Waals surface area contributed by atoms with E-state index < -0.39 is 0 Å². The first-order valence-electron chi connectivity index (χ1n) is 9.31. The number of nitrogen functional groups attached to an aromatic ring is 1. The fourth-order valence-corrected chi connectivity index (χ4v) is 3.41. The van der Waals surface area contributed by atoms with Crippen molar-refractivity contribution >= 4 is 46.2 Å². The summed E-state index contributed by atoms with van der Waals surface area (Å²) in [5.41, 5.74) is 9.72. The fraction of sp³-hybridized carbons (Fsp3) is 0.0435. The highest BCUT2D eigenvalue weighted by molar-refractivity contribution is 6.42. The highest BCUT2D eigenvalue weighted by Gasteiger charge is 2.17. The van der Waals surface area contributed by atoms with Crippen LogP contribution in [-0.2, 0) is 0 Å². The van der Waals surface area contributed by atoms with Gasteiger partial charge in [0.2, 0.25) is 0 Å². The predicted octanol–water partition coefficient (Wildman–Crippen LogP) is 6.31. The summed E-state index contributed by atoms with van der Waals surface area (Å²) in [6.07, 6.45) is 1.46. The van der Waals surface area contributed by atoms with Crippen LogP contribution in [0.5, 0.6) is 0 Å². The van der Waals surface area contributed by atoms with Crippen LogP contribution in [0.2, 0.25) is 10.0 Å². The quantitative estimate of drug-likeness (QED) is 0.330. The highest BCUT2D eigenvalue weighted by atomic mass is 35.5. The zero-order chi connectivity index (χ0) is 20.9. The molecule has 0 aliphatic heterocycles. The minimum atomic E-state index is -0.123. The topological polar surface area (TPSA) is 75.9 Å². The zero-order valence-corrected chi connectivity index (χ0v) is 17.4. The summed E-state index contributed by atoms with van der Waals surface area (Å²) in [4.78, 5) is 8.64. The highest BCUT2D eigenvalue weighted by Crippen LogP contribution is 2.33. The molecule has 7 heteroatoms. The van der Waals surface area contributed by atoms with Gasteiger partial charge in [-0.25, -0.2) is 9.97 Å². The van der Waals surface area contributed by atoms with Gasteiger partial charge in [0.15, 0.2) is 11.6 Å². The first-order chi connectivity index (χ1) is 14.6. The van der Waals surface area contributed by atoms with Crippen molar-refractivity contribution in [1.29, 1.82) is 0 Å². The van der Waals surface area contributed by atoms with Crippen LogP contribution < -0.4 is 16.4 Å². The van der Waals surface area contributed by atoms with Crippen molar-refractivity contribution < 1.29 is 0 Å². The van der Waals surface area contributed by atoms with Gasteiger partial charge in [-0.15, -0.1) is 0 Å². The van der Waals surface area contributed by atoms with Crippen LogP contribution >= 0.6 is 23.2 Å². The average Bonchev–Trinajstić information content (AvgIpc) is 2.78. The predicted molar refractivity (Wildman–Crippen MR) is 125 cm³/mol. The Morgan fingerprint density at radius 1 is 0.733 bits per heavy atom. The maximum absolute atomic E-state index is 6.39.